The Morgan fingerprint density at radius 1 is 1.33 bits per heavy atom. The maximum atomic E-state index is 3.58. The lowest BCUT2D eigenvalue weighted by Gasteiger charge is -2.32. The molecule has 0 aliphatic rings. The van der Waals surface area contributed by atoms with Gasteiger partial charge in [0.2, 0.25) is 0 Å². The number of alkyl halides is 1. The van der Waals surface area contributed by atoms with Crippen molar-refractivity contribution < 1.29 is 0 Å². The quantitative estimate of drug-likeness (QED) is 0.678. The van der Waals surface area contributed by atoms with Crippen LogP contribution in [-0.4, -0.2) is 30.4 Å². The topological polar surface area (TPSA) is 3.24 Å². The Morgan fingerprint density at radius 3 is 2.08 bits per heavy atom. The smallest absolute Gasteiger partial charge is 0.00768 e. The lowest BCUT2D eigenvalue weighted by Crippen LogP contribution is -2.34. The predicted octanol–water partition coefficient (Wildman–Crippen LogP) is 3.00. The average molecular weight is 236 g/mol. The van der Waals surface area contributed by atoms with Gasteiger partial charge in [0, 0.05) is 11.9 Å². The molecule has 1 atom stereocenters. The van der Waals surface area contributed by atoms with Crippen molar-refractivity contribution in [2.75, 3.05) is 25.5 Å². The summed E-state index contributed by atoms with van der Waals surface area (Å²) >= 11 is 3.58. The minimum Gasteiger partial charge on any atom is -0.306 e. The highest BCUT2D eigenvalue weighted by Crippen LogP contribution is 2.27. The van der Waals surface area contributed by atoms with Crippen LogP contribution in [0.15, 0.2) is 0 Å². The van der Waals surface area contributed by atoms with Crippen LogP contribution in [0.2, 0.25) is 0 Å². The first-order valence-corrected chi connectivity index (χ1v) is 5.78. The molecule has 74 valence electrons. The fourth-order valence-corrected chi connectivity index (χ4v) is 2.24. The molecule has 0 aliphatic heterocycles. The van der Waals surface area contributed by atoms with Crippen LogP contribution in [0.3, 0.4) is 0 Å². The van der Waals surface area contributed by atoms with Gasteiger partial charge in [-0.2, -0.15) is 0 Å². The molecule has 0 saturated carbocycles. The van der Waals surface area contributed by atoms with E-state index in [2.05, 4.69) is 55.6 Å². The van der Waals surface area contributed by atoms with Crippen LogP contribution in [0.1, 0.15) is 27.7 Å². The summed E-state index contributed by atoms with van der Waals surface area (Å²) in [5, 5.41) is 1.10. The summed E-state index contributed by atoms with van der Waals surface area (Å²) in [5.41, 5.74) is 0.410. The monoisotopic (exact) mass is 235 g/mol. The zero-order valence-corrected chi connectivity index (χ0v) is 10.6. The van der Waals surface area contributed by atoms with Crippen LogP contribution in [0.4, 0.5) is 0 Å². The van der Waals surface area contributed by atoms with Gasteiger partial charge in [-0.05, 0) is 24.9 Å². The molecule has 2 heteroatoms. The van der Waals surface area contributed by atoms with Gasteiger partial charge < -0.3 is 4.90 Å². The molecule has 0 heterocycles. The third-order valence-electron chi connectivity index (χ3n) is 2.48. The molecule has 0 N–H and O–H groups in total. The Kier molecular flexibility index (Phi) is 5.42. The molecule has 0 radical (unpaired) electrons. The molecular formula is C10H22BrN. The highest BCUT2D eigenvalue weighted by Gasteiger charge is 2.23. The van der Waals surface area contributed by atoms with E-state index in [-0.39, 0.29) is 0 Å². The molecule has 0 bridgehead atoms. The summed E-state index contributed by atoms with van der Waals surface area (Å²) in [6, 6.07) is 0. The van der Waals surface area contributed by atoms with Crippen LogP contribution >= 0.6 is 15.9 Å². The number of halogens is 1. The molecule has 0 aromatic rings. The second-order valence-electron chi connectivity index (χ2n) is 4.57. The Bertz CT molecular complexity index is 117. The lowest BCUT2D eigenvalue weighted by molar-refractivity contribution is 0.193. The highest BCUT2D eigenvalue weighted by atomic mass is 79.9. The molecule has 0 saturated heterocycles. The fourth-order valence-electron chi connectivity index (χ4n) is 1.06. The maximum Gasteiger partial charge on any atom is 0.00768 e. The standard InChI is InChI=1S/C10H22BrN/c1-6-12(5)8-9(7-11)10(2,3)4/h9H,6-8H2,1-5H3. The van der Waals surface area contributed by atoms with E-state index in [1.54, 1.807) is 0 Å². The van der Waals surface area contributed by atoms with Gasteiger partial charge in [0.1, 0.15) is 0 Å². The van der Waals surface area contributed by atoms with E-state index in [4.69, 9.17) is 0 Å². The molecule has 0 fully saturated rings. The number of rotatable bonds is 4. The second-order valence-corrected chi connectivity index (χ2v) is 5.22. The Morgan fingerprint density at radius 2 is 1.83 bits per heavy atom. The zero-order chi connectivity index (χ0) is 9.78. The SMILES string of the molecule is CCN(C)CC(CBr)C(C)(C)C. The first-order chi connectivity index (χ1) is 5.41. The lowest BCUT2D eigenvalue weighted by atomic mass is 9.82. The summed E-state index contributed by atoms with van der Waals surface area (Å²) in [7, 11) is 2.18. The minimum atomic E-state index is 0.410. The molecule has 0 aliphatic carbocycles. The van der Waals surface area contributed by atoms with Crippen LogP contribution in [0.25, 0.3) is 0 Å². The van der Waals surface area contributed by atoms with Gasteiger partial charge in [0.05, 0.1) is 0 Å². The maximum absolute atomic E-state index is 3.58. The summed E-state index contributed by atoms with van der Waals surface area (Å²) in [6.45, 7) is 11.5. The van der Waals surface area contributed by atoms with E-state index in [0.717, 1.165) is 17.8 Å². The van der Waals surface area contributed by atoms with Crippen molar-refractivity contribution in [3.8, 4) is 0 Å². The van der Waals surface area contributed by atoms with Gasteiger partial charge in [-0.15, -0.1) is 0 Å². The largest absolute Gasteiger partial charge is 0.306 e. The molecule has 0 rings (SSSR count). The van der Waals surface area contributed by atoms with Crippen molar-refractivity contribution in [2.24, 2.45) is 11.3 Å². The minimum absolute atomic E-state index is 0.410. The van der Waals surface area contributed by atoms with E-state index in [0.29, 0.717) is 5.41 Å². The van der Waals surface area contributed by atoms with Crippen molar-refractivity contribution in [2.45, 2.75) is 27.7 Å². The number of nitrogens with zero attached hydrogens (tertiary/aromatic N) is 1. The van der Waals surface area contributed by atoms with Crippen molar-refractivity contribution in [3.05, 3.63) is 0 Å². The van der Waals surface area contributed by atoms with Gasteiger partial charge >= 0.3 is 0 Å². The number of hydrogen-bond donors (Lipinski definition) is 0. The van der Waals surface area contributed by atoms with Crippen LogP contribution in [-0.2, 0) is 0 Å². The van der Waals surface area contributed by atoms with Crippen LogP contribution < -0.4 is 0 Å². The predicted molar refractivity (Wildman–Crippen MR) is 59.9 cm³/mol. The molecule has 0 amide bonds. The first kappa shape index (κ1) is 12.4. The van der Waals surface area contributed by atoms with E-state index in [9.17, 15) is 0 Å². The van der Waals surface area contributed by atoms with Crippen molar-refractivity contribution in [1.82, 2.24) is 4.90 Å². The molecule has 1 unspecified atom stereocenters. The zero-order valence-electron chi connectivity index (χ0n) is 9.02. The molecule has 0 aromatic carbocycles. The van der Waals surface area contributed by atoms with E-state index in [1.165, 1.54) is 6.54 Å². The van der Waals surface area contributed by atoms with Gasteiger partial charge in [0.25, 0.3) is 0 Å². The summed E-state index contributed by atoms with van der Waals surface area (Å²) in [5.74, 6) is 0.738. The van der Waals surface area contributed by atoms with Gasteiger partial charge in [-0.3, -0.25) is 0 Å². The second kappa shape index (κ2) is 5.23. The highest BCUT2D eigenvalue weighted by molar-refractivity contribution is 9.09. The molecule has 0 spiro atoms. The Labute approximate surface area is 85.7 Å². The van der Waals surface area contributed by atoms with Gasteiger partial charge in [-0.1, -0.05) is 43.6 Å². The van der Waals surface area contributed by atoms with Crippen molar-refractivity contribution in [3.63, 3.8) is 0 Å². The Balaban J connectivity index is 4.00. The first-order valence-electron chi connectivity index (χ1n) is 4.66. The summed E-state index contributed by atoms with van der Waals surface area (Å²) in [6.07, 6.45) is 0. The molecule has 1 nitrogen and oxygen atoms in total. The summed E-state index contributed by atoms with van der Waals surface area (Å²) in [4.78, 5) is 2.37. The Hall–Kier alpha value is 0.440. The van der Waals surface area contributed by atoms with Crippen LogP contribution in [0, 0.1) is 11.3 Å². The average Bonchev–Trinajstić information content (AvgIpc) is 1.97. The normalized spacial score (nSPS) is 15.2. The summed E-state index contributed by atoms with van der Waals surface area (Å²) < 4.78 is 0. The molecule has 12 heavy (non-hydrogen) atoms. The third-order valence-corrected chi connectivity index (χ3v) is 3.26. The number of hydrogen-bond acceptors (Lipinski definition) is 1. The van der Waals surface area contributed by atoms with E-state index < -0.39 is 0 Å². The fraction of sp³-hybridized carbons (Fsp3) is 1.00. The van der Waals surface area contributed by atoms with E-state index >= 15 is 0 Å². The van der Waals surface area contributed by atoms with Crippen molar-refractivity contribution >= 4 is 15.9 Å². The van der Waals surface area contributed by atoms with Crippen LogP contribution in [0.5, 0.6) is 0 Å². The molecular weight excluding hydrogens is 214 g/mol. The van der Waals surface area contributed by atoms with Crippen molar-refractivity contribution in [1.29, 1.82) is 0 Å². The molecule has 0 aromatic heterocycles. The van der Waals surface area contributed by atoms with Gasteiger partial charge in [0.15, 0.2) is 0 Å². The van der Waals surface area contributed by atoms with E-state index in [1.807, 2.05) is 0 Å². The third kappa shape index (κ3) is 4.46. The van der Waals surface area contributed by atoms with Gasteiger partial charge in [-0.25, -0.2) is 0 Å².